The van der Waals surface area contributed by atoms with Gasteiger partial charge in [-0.3, -0.25) is 14.4 Å². The summed E-state index contributed by atoms with van der Waals surface area (Å²) in [6.45, 7) is 0.442. The lowest BCUT2D eigenvalue weighted by Crippen LogP contribution is -2.37. The van der Waals surface area contributed by atoms with Crippen LogP contribution in [-0.2, 0) is 21.0 Å². The molecule has 0 bridgehead atoms. The molecule has 0 saturated carbocycles. The van der Waals surface area contributed by atoms with Gasteiger partial charge in [-0.05, 0) is 53.6 Å². The second-order valence-corrected chi connectivity index (χ2v) is 10.0. The first kappa shape index (κ1) is 24.5. The van der Waals surface area contributed by atoms with E-state index in [1.807, 2.05) is 84.9 Å². The van der Waals surface area contributed by atoms with Crippen molar-refractivity contribution in [2.45, 2.75) is 18.8 Å². The van der Waals surface area contributed by atoms with Gasteiger partial charge in [-0.2, -0.15) is 0 Å². The van der Waals surface area contributed by atoms with Gasteiger partial charge in [0.15, 0.2) is 6.10 Å². The molecule has 2 fully saturated rings. The summed E-state index contributed by atoms with van der Waals surface area (Å²) in [4.78, 5) is 34.6. The van der Waals surface area contributed by atoms with Gasteiger partial charge in [0.2, 0.25) is 5.91 Å². The van der Waals surface area contributed by atoms with Gasteiger partial charge in [-0.25, -0.2) is 9.96 Å². The number of hydrogen-bond acceptors (Lipinski definition) is 5. The highest BCUT2D eigenvalue weighted by molar-refractivity contribution is 6.35. The molecule has 6 nitrogen and oxygen atoms in total. The molecule has 0 spiro atoms. The Hall–Kier alpha value is -3.84. The molecule has 2 aliphatic rings. The third kappa shape index (κ3) is 4.52. The molecule has 6 rings (SSSR count). The minimum absolute atomic E-state index is 0.324. The number of fused-ring (bicyclic) bond motifs is 1. The number of amides is 2. The molecule has 4 aromatic rings. The fourth-order valence-corrected chi connectivity index (χ4v) is 5.49. The topological polar surface area (TPSA) is 59.1 Å². The molecule has 4 aromatic carbocycles. The fraction of sp³-hybridized carbons (Fsp3) is 0.133. The van der Waals surface area contributed by atoms with E-state index in [1.54, 1.807) is 23.3 Å². The van der Waals surface area contributed by atoms with Crippen molar-refractivity contribution in [3.05, 3.63) is 124 Å². The van der Waals surface area contributed by atoms with Crippen molar-refractivity contribution >= 4 is 46.4 Å². The Morgan fingerprint density at radius 1 is 0.737 bits per heavy atom. The zero-order valence-corrected chi connectivity index (χ0v) is 21.5. The Kier molecular flexibility index (Phi) is 6.54. The van der Waals surface area contributed by atoms with Crippen LogP contribution < -0.4 is 14.7 Å². The van der Waals surface area contributed by atoms with Crippen LogP contribution in [0.1, 0.15) is 17.2 Å². The smallest absolute Gasteiger partial charge is 0.266 e. The van der Waals surface area contributed by atoms with E-state index in [1.165, 1.54) is 0 Å². The van der Waals surface area contributed by atoms with Crippen LogP contribution >= 0.6 is 23.2 Å². The average Bonchev–Trinajstić information content (AvgIpc) is 3.44. The van der Waals surface area contributed by atoms with Crippen molar-refractivity contribution in [1.29, 1.82) is 0 Å². The lowest BCUT2D eigenvalue weighted by atomic mass is 9.90. The molecule has 190 valence electrons. The molecule has 2 aliphatic heterocycles. The predicted octanol–water partition coefficient (Wildman–Crippen LogP) is 6.62. The van der Waals surface area contributed by atoms with Crippen LogP contribution in [0.25, 0.3) is 0 Å². The molecule has 38 heavy (non-hydrogen) atoms. The van der Waals surface area contributed by atoms with Gasteiger partial charge in [-0.1, -0.05) is 83.9 Å². The maximum absolute atomic E-state index is 13.8. The van der Waals surface area contributed by atoms with E-state index < -0.39 is 24.0 Å². The number of hydroxylamine groups is 1. The number of halogens is 2. The maximum Gasteiger partial charge on any atom is 0.266 e. The van der Waals surface area contributed by atoms with Crippen molar-refractivity contribution in [1.82, 2.24) is 0 Å². The van der Waals surface area contributed by atoms with Crippen LogP contribution in [0.15, 0.2) is 103 Å². The highest BCUT2D eigenvalue weighted by Gasteiger charge is 2.60. The summed E-state index contributed by atoms with van der Waals surface area (Å²) in [6, 6.07) is 31.0. The third-order valence-corrected chi connectivity index (χ3v) is 7.14. The van der Waals surface area contributed by atoms with Crippen molar-refractivity contribution in [2.24, 2.45) is 5.92 Å². The largest absolute Gasteiger partial charge is 0.489 e. The molecule has 0 aliphatic carbocycles. The zero-order valence-electron chi connectivity index (χ0n) is 20.0. The first-order chi connectivity index (χ1) is 18.5. The standard InChI is InChI=1S/C30H22Cl2N2O4/c31-21-15-22(32)17-24(16-21)33-29(35)26-27(34(38-28(26)30(33)36)23-9-5-2-6-10-23)20-11-13-25(14-12-20)37-18-19-7-3-1-4-8-19/h1-17,26-28H,18H2/t26-,27-,28+/m0/s1. The second kappa shape index (κ2) is 10.1. The summed E-state index contributed by atoms with van der Waals surface area (Å²) < 4.78 is 5.94. The number of nitrogens with zero attached hydrogens (tertiary/aromatic N) is 2. The van der Waals surface area contributed by atoms with E-state index in [0.29, 0.717) is 28.1 Å². The Morgan fingerprint density at radius 3 is 2.03 bits per heavy atom. The van der Waals surface area contributed by atoms with E-state index >= 15 is 0 Å². The van der Waals surface area contributed by atoms with E-state index in [4.69, 9.17) is 32.8 Å². The number of carbonyl (C=O) groups excluding carboxylic acids is 2. The lowest BCUT2D eigenvalue weighted by Gasteiger charge is -2.29. The fourth-order valence-electron chi connectivity index (χ4n) is 4.98. The van der Waals surface area contributed by atoms with E-state index in [9.17, 15) is 9.59 Å². The SMILES string of the molecule is O=C1[C@@H]2[C@@H](ON(c3ccccc3)[C@H]2c2ccc(OCc3ccccc3)cc2)C(=O)N1c1cc(Cl)cc(Cl)c1. The first-order valence-electron chi connectivity index (χ1n) is 12.1. The Morgan fingerprint density at radius 2 is 1.37 bits per heavy atom. The van der Waals surface area contributed by atoms with E-state index in [0.717, 1.165) is 21.7 Å². The Bertz CT molecular complexity index is 1460. The van der Waals surface area contributed by atoms with Crippen molar-refractivity contribution in [2.75, 3.05) is 9.96 Å². The number of carbonyl (C=O) groups is 2. The Balaban J connectivity index is 1.32. The van der Waals surface area contributed by atoms with Crippen LogP contribution in [0.3, 0.4) is 0 Å². The van der Waals surface area contributed by atoms with Gasteiger partial charge < -0.3 is 4.74 Å². The minimum atomic E-state index is -0.987. The van der Waals surface area contributed by atoms with Crippen LogP contribution in [0.2, 0.25) is 10.0 Å². The molecule has 3 atom stereocenters. The van der Waals surface area contributed by atoms with E-state index in [-0.39, 0.29) is 5.91 Å². The summed E-state index contributed by atoms with van der Waals surface area (Å²) in [5.41, 5.74) is 2.95. The van der Waals surface area contributed by atoms with Crippen LogP contribution in [-0.4, -0.2) is 17.9 Å². The van der Waals surface area contributed by atoms with Gasteiger partial charge in [-0.15, -0.1) is 0 Å². The second-order valence-electron chi connectivity index (χ2n) is 9.14. The molecule has 0 aromatic heterocycles. The van der Waals surface area contributed by atoms with Crippen LogP contribution in [0, 0.1) is 5.92 Å². The minimum Gasteiger partial charge on any atom is -0.489 e. The third-order valence-electron chi connectivity index (χ3n) is 6.70. The quantitative estimate of drug-likeness (QED) is 0.255. The molecule has 2 amide bonds. The number of benzene rings is 4. The molecule has 0 radical (unpaired) electrons. The summed E-state index contributed by atoms with van der Waals surface area (Å²) in [5, 5.41) is 2.33. The van der Waals surface area contributed by atoms with Gasteiger partial charge >= 0.3 is 0 Å². The van der Waals surface area contributed by atoms with Gasteiger partial charge in [0.05, 0.1) is 17.4 Å². The summed E-state index contributed by atoms with van der Waals surface area (Å²) in [5.74, 6) is -0.893. The van der Waals surface area contributed by atoms with E-state index in [2.05, 4.69) is 0 Å². The lowest BCUT2D eigenvalue weighted by molar-refractivity contribution is -0.126. The van der Waals surface area contributed by atoms with Crippen molar-refractivity contribution < 1.29 is 19.2 Å². The molecule has 0 unspecified atom stereocenters. The number of anilines is 2. The molecular formula is C30H22Cl2N2O4. The van der Waals surface area contributed by atoms with Gasteiger partial charge in [0, 0.05) is 10.0 Å². The summed E-state index contributed by atoms with van der Waals surface area (Å²) in [6.07, 6.45) is -0.987. The normalized spacial score (nSPS) is 20.6. The molecule has 8 heteroatoms. The average molecular weight is 545 g/mol. The van der Waals surface area contributed by atoms with Gasteiger partial charge in [0.1, 0.15) is 18.3 Å². The van der Waals surface area contributed by atoms with Crippen molar-refractivity contribution in [3.63, 3.8) is 0 Å². The molecule has 0 N–H and O–H groups in total. The summed E-state index contributed by atoms with van der Waals surface area (Å²) in [7, 11) is 0. The maximum atomic E-state index is 13.8. The molecular weight excluding hydrogens is 523 g/mol. The summed E-state index contributed by atoms with van der Waals surface area (Å²) >= 11 is 12.3. The zero-order chi connectivity index (χ0) is 26.2. The van der Waals surface area contributed by atoms with Crippen molar-refractivity contribution in [3.8, 4) is 5.75 Å². The number of para-hydroxylation sites is 1. The Labute approximate surface area is 229 Å². The number of imide groups is 1. The number of hydrogen-bond donors (Lipinski definition) is 0. The highest BCUT2D eigenvalue weighted by atomic mass is 35.5. The highest BCUT2D eigenvalue weighted by Crippen LogP contribution is 2.48. The molecule has 2 saturated heterocycles. The molecule has 2 heterocycles. The number of rotatable bonds is 6. The monoisotopic (exact) mass is 544 g/mol. The first-order valence-corrected chi connectivity index (χ1v) is 12.9. The van der Waals surface area contributed by atoms with Gasteiger partial charge in [0.25, 0.3) is 5.91 Å². The van der Waals surface area contributed by atoms with Crippen LogP contribution in [0.4, 0.5) is 11.4 Å². The van der Waals surface area contributed by atoms with Crippen LogP contribution in [0.5, 0.6) is 5.75 Å². The number of ether oxygens (including phenoxy) is 1. The predicted molar refractivity (Wildman–Crippen MR) is 146 cm³/mol.